The summed E-state index contributed by atoms with van der Waals surface area (Å²) < 4.78 is 0. The minimum atomic E-state index is -0.372. The van der Waals surface area contributed by atoms with Crippen LogP contribution in [0.25, 0.3) is 0 Å². The van der Waals surface area contributed by atoms with E-state index in [4.69, 9.17) is 0 Å². The van der Waals surface area contributed by atoms with Gasteiger partial charge in [-0.3, -0.25) is 19.5 Å². The van der Waals surface area contributed by atoms with E-state index in [0.29, 0.717) is 6.54 Å². The molecule has 2 fully saturated rings. The molecule has 27 heavy (non-hydrogen) atoms. The van der Waals surface area contributed by atoms with E-state index in [1.54, 1.807) is 0 Å². The van der Waals surface area contributed by atoms with Crippen LogP contribution in [0.2, 0.25) is 0 Å². The van der Waals surface area contributed by atoms with Gasteiger partial charge in [0.15, 0.2) is 5.17 Å². The molecule has 2 aliphatic rings. The second-order valence-electron chi connectivity index (χ2n) is 7.34. The van der Waals surface area contributed by atoms with Gasteiger partial charge in [0.25, 0.3) is 0 Å². The van der Waals surface area contributed by atoms with Crippen molar-refractivity contribution in [3.8, 4) is 0 Å². The minimum absolute atomic E-state index is 0.0542. The number of hydrogen-bond acceptors (Lipinski definition) is 4. The van der Waals surface area contributed by atoms with Crippen molar-refractivity contribution < 1.29 is 9.59 Å². The number of thioether (sulfide) groups is 1. The summed E-state index contributed by atoms with van der Waals surface area (Å²) in [5.41, 5.74) is 1.87. The fraction of sp³-hybridized carbons (Fsp3) is 0.571. The van der Waals surface area contributed by atoms with E-state index in [-0.39, 0.29) is 29.5 Å². The predicted octanol–water partition coefficient (Wildman–Crippen LogP) is 4.37. The van der Waals surface area contributed by atoms with Gasteiger partial charge in [-0.2, -0.15) is 0 Å². The molecular formula is C21H29N3O2S. The van der Waals surface area contributed by atoms with Crippen molar-refractivity contribution in [2.24, 2.45) is 4.99 Å². The van der Waals surface area contributed by atoms with Gasteiger partial charge >= 0.3 is 0 Å². The fourth-order valence-corrected chi connectivity index (χ4v) is 5.08. The summed E-state index contributed by atoms with van der Waals surface area (Å²) in [4.78, 5) is 32.1. The summed E-state index contributed by atoms with van der Waals surface area (Å²) >= 11 is 1.46. The molecule has 1 atom stereocenters. The van der Waals surface area contributed by atoms with Crippen LogP contribution in [0.4, 0.5) is 5.69 Å². The van der Waals surface area contributed by atoms with Gasteiger partial charge in [-0.25, -0.2) is 0 Å². The highest BCUT2D eigenvalue weighted by atomic mass is 32.2. The van der Waals surface area contributed by atoms with Gasteiger partial charge in [-0.1, -0.05) is 49.6 Å². The van der Waals surface area contributed by atoms with Crippen LogP contribution in [0.1, 0.15) is 57.4 Å². The lowest BCUT2D eigenvalue weighted by Crippen LogP contribution is -2.41. The average molecular weight is 388 g/mol. The van der Waals surface area contributed by atoms with E-state index in [1.807, 2.05) is 43.0 Å². The van der Waals surface area contributed by atoms with Crippen molar-refractivity contribution in [2.45, 2.75) is 70.1 Å². The number of amides is 2. The quantitative estimate of drug-likeness (QED) is 0.763. The second-order valence-corrected chi connectivity index (χ2v) is 8.51. The molecule has 146 valence electrons. The molecule has 1 saturated heterocycles. The molecule has 6 heteroatoms. The maximum absolute atomic E-state index is 13.1. The number of nitrogens with one attached hydrogen (secondary N) is 1. The number of nitrogens with zero attached hydrogens (tertiary/aromatic N) is 2. The van der Waals surface area contributed by atoms with E-state index < -0.39 is 0 Å². The Labute approximate surface area is 166 Å². The molecule has 1 aliphatic carbocycles. The Morgan fingerprint density at radius 2 is 2.00 bits per heavy atom. The van der Waals surface area contributed by atoms with Crippen molar-refractivity contribution in [1.82, 2.24) is 4.90 Å². The Balaban J connectivity index is 1.67. The summed E-state index contributed by atoms with van der Waals surface area (Å²) in [6, 6.07) is 7.95. The number of carbonyl (C=O) groups excluding carboxylic acids is 2. The third-order valence-corrected chi connectivity index (χ3v) is 6.31. The molecule has 1 aliphatic heterocycles. The molecular weight excluding hydrogens is 358 g/mol. The summed E-state index contributed by atoms with van der Waals surface area (Å²) in [5.74, 6) is -0.0662. The van der Waals surface area contributed by atoms with E-state index in [0.717, 1.165) is 42.1 Å². The molecule has 1 N–H and O–H groups in total. The SMILES string of the molecule is CCN=C1S[C@H](CC(=O)Nc2cccc(C)c2)C(=O)N1C1CCCCCC1. The number of anilines is 1. The van der Waals surface area contributed by atoms with Crippen molar-refractivity contribution in [1.29, 1.82) is 0 Å². The summed E-state index contributed by atoms with van der Waals surface area (Å²) in [6.45, 7) is 4.63. The zero-order valence-electron chi connectivity index (χ0n) is 16.2. The van der Waals surface area contributed by atoms with Gasteiger partial charge in [0, 0.05) is 24.7 Å². The van der Waals surface area contributed by atoms with Gasteiger partial charge < -0.3 is 5.32 Å². The molecule has 2 amide bonds. The minimum Gasteiger partial charge on any atom is -0.326 e. The van der Waals surface area contributed by atoms with Crippen LogP contribution in [0, 0.1) is 6.92 Å². The highest BCUT2D eigenvalue weighted by Crippen LogP contribution is 2.35. The Morgan fingerprint density at radius 3 is 2.67 bits per heavy atom. The van der Waals surface area contributed by atoms with Crippen molar-refractivity contribution >= 4 is 34.4 Å². The molecule has 1 heterocycles. The number of aryl methyl sites for hydroxylation is 1. The first kappa shape index (κ1) is 19.9. The molecule has 0 radical (unpaired) electrons. The van der Waals surface area contributed by atoms with Gasteiger partial charge in [0.1, 0.15) is 5.25 Å². The topological polar surface area (TPSA) is 61.8 Å². The average Bonchev–Trinajstić information content (AvgIpc) is 2.80. The lowest BCUT2D eigenvalue weighted by Gasteiger charge is -2.26. The largest absolute Gasteiger partial charge is 0.326 e. The Bertz CT molecular complexity index is 711. The first-order valence-electron chi connectivity index (χ1n) is 9.99. The van der Waals surface area contributed by atoms with Gasteiger partial charge in [-0.15, -0.1) is 0 Å². The number of hydrogen-bond donors (Lipinski definition) is 1. The number of amidine groups is 1. The van der Waals surface area contributed by atoms with Gasteiger partial charge in [-0.05, 0) is 44.4 Å². The van der Waals surface area contributed by atoms with Crippen LogP contribution in [-0.2, 0) is 9.59 Å². The molecule has 3 rings (SSSR count). The normalized spacial score (nSPS) is 22.9. The molecule has 0 spiro atoms. The van der Waals surface area contributed by atoms with Crippen LogP contribution < -0.4 is 5.32 Å². The third kappa shape index (κ3) is 5.12. The standard InChI is InChI=1S/C21H29N3O2S/c1-3-22-21-24(17-11-6-4-5-7-12-17)20(26)18(27-21)14-19(25)23-16-10-8-9-15(2)13-16/h8-10,13,17-18H,3-7,11-12,14H2,1-2H3,(H,23,25)/t18-/m1/s1. The van der Waals surface area contributed by atoms with Crippen LogP contribution in [0.3, 0.4) is 0 Å². The monoisotopic (exact) mass is 387 g/mol. The molecule has 0 bridgehead atoms. The molecule has 5 nitrogen and oxygen atoms in total. The smallest absolute Gasteiger partial charge is 0.242 e. The van der Waals surface area contributed by atoms with Crippen LogP contribution >= 0.6 is 11.8 Å². The highest BCUT2D eigenvalue weighted by molar-refractivity contribution is 8.15. The Hall–Kier alpha value is -1.82. The maximum Gasteiger partial charge on any atom is 0.242 e. The number of carbonyl (C=O) groups is 2. The zero-order valence-corrected chi connectivity index (χ0v) is 17.1. The first-order chi connectivity index (χ1) is 13.1. The van der Waals surface area contributed by atoms with Gasteiger partial charge in [0.05, 0.1) is 0 Å². The van der Waals surface area contributed by atoms with E-state index in [9.17, 15) is 9.59 Å². The summed E-state index contributed by atoms with van der Waals surface area (Å²) in [5, 5.41) is 3.35. The van der Waals surface area contributed by atoms with Crippen LogP contribution in [0.5, 0.6) is 0 Å². The molecule has 0 unspecified atom stereocenters. The highest BCUT2D eigenvalue weighted by Gasteiger charge is 2.42. The number of rotatable bonds is 5. The Kier molecular flexibility index (Phi) is 6.94. The van der Waals surface area contributed by atoms with E-state index >= 15 is 0 Å². The van der Waals surface area contributed by atoms with Crippen LogP contribution in [-0.4, -0.2) is 39.7 Å². The first-order valence-corrected chi connectivity index (χ1v) is 10.9. The van der Waals surface area contributed by atoms with Gasteiger partial charge in [0.2, 0.25) is 11.8 Å². The van der Waals surface area contributed by atoms with Crippen LogP contribution in [0.15, 0.2) is 29.3 Å². The molecule has 1 aromatic rings. The summed E-state index contributed by atoms with van der Waals surface area (Å²) in [6.07, 6.45) is 7.08. The molecule has 1 aromatic carbocycles. The van der Waals surface area contributed by atoms with E-state index in [1.165, 1.54) is 24.6 Å². The molecule has 1 saturated carbocycles. The number of aliphatic imine (C=N–C) groups is 1. The predicted molar refractivity (Wildman–Crippen MR) is 112 cm³/mol. The Morgan fingerprint density at radius 1 is 1.26 bits per heavy atom. The zero-order chi connectivity index (χ0) is 19.2. The summed E-state index contributed by atoms with van der Waals surface area (Å²) in [7, 11) is 0. The number of benzene rings is 1. The molecule has 0 aromatic heterocycles. The van der Waals surface area contributed by atoms with Crippen molar-refractivity contribution in [3.05, 3.63) is 29.8 Å². The third-order valence-electron chi connectivity index (χ3n) is 5.12. The van der Waals surface area contributed by atoms with Crippen molar-refractivity contribution in [2.75, 3.05) is 11.9 Å². The van der Waals surface area contributed by atoms with E-state index in [2.05, 4.69) is 10.3 Å². The lowest BCUT2D eigenvalue weighted by atomic mass is 10.1. The lowest BCUT2D eigenvalue weighted by molar-refractivity contribution is -0.129. The van der Waals surface area contributed by atoms with Crippen molar-refractivity contribution in [3.63, 3.8) is 0 Å². The maximum atomic E-state index is 13.1. The fourth-order valence-electron chi connectivity index (χ4n) is 3.82. The second kappa shape index (κ2) is 9.40.